The van der Waals surface area contributed by atoms with Crippen molar-refractivity contribution in [1.82, 2.24) is 9.97 Å². The number of hydrogen-bond acceptors (Lipinski definition) is 4. The van der Waals surface area contributed by atoms with E-state index in [0.29, 0.717) is 17.1 Å². The van der Waals surface area contributed by atoms with Crippen LogP contribution in [0.4, 0.5) is 0 Å². The molecule has 1 heterocycles. The number of rotatable bonds is 7. The summed E-state index contributed by atoms with van der Waals surface area (Å²) in [6.07, 6.45) is 2.35. The van der Waals surface area contributed by atoms with Gasteiger partial charge in [0.15, 0.2) is 5.16 Å². The van der Waals surface area contributed by atoms with E-state index in [1.807, 2.05) is 37.3 Å². The van der Waals surface area contributed by atoms with Crippen molar-refractivity contribution in [3.63, 3.8) is 0 Å². The Morgan fingerprint density at radius 3 is 2.71 bits per heavy atom. The number of aromatic nitrogens is 2. The van der Waals surface area contributed by atoms with Crippen molar-refractivity contribution < 1.29 is 5.11 Å². The molecule has 0 atom stereocenters. The number of benzene rings is 1. The summed E-state index contributed by atoms with van der Waals surface area (Å²) in [6.45, 7) is 2.02. The molecule has 0 saturated heterocycles. The van der Waals surface area contributed by atoms with E-state index in [-0.39, 0.29) is 12.2 Å². The lowest BCUT2D eigenvalue weighted by Gasteiger charge is -2.07. The van der Waals surface area contributed by atoms with Gasteiger partial charge in [-0.15, -0.1) is 0 Å². The van der Waals surface area contributed by atoms with Gasteiger partial charge in [0, 0.05) is 24.3 Å². The van der Waals surface area contributed by atoms with Crippen molar-refractivity contribution in [2.45, 2.75) is 31.3 Å². The minimum absolute atomic E-state index is 0.0689. The zero-order valence-electron chi connectivity index (χ0n) is 12.1. The fourth-order valence-electron chi connectivity index (χ4n) is 1.97. The minimum Gasteiger partial charge on any atom is -0.396 e. The van der Waals surface area contributed by atoms with Crippen LogP contribution in [-0.4, -0.2) is 27.4 Å². The normalized spacial score (nSPS) is 10.8. The van der Waals surface area contributed by atoms with Gasteiger partial charge in [-0.3, -0.25) is 4.79 Å². The molecule has 112 valence electrons. The molecule has 0 amide bonds. The molecule has 0 radical (unpaired) electrons. The fraction of sp³-hybridized carbons (Fsp3) is 0.375. The van der Waals surface area contributed by atoms with Gasteiger partial charge in [-0.1, -0.05) is 42.1 Å². The first-order valence-electron chi connectivity index (χ1n) is 7.08. The maximum atomic E-state index is 12.0. The van der Waals surface area contributed by atoms with Gasteiger partial charge >= 0.3 is 0 Å². The molecule has 21 heavy (non-hydrogen) atoms. The number of thioether (sulfide) groups is 1. The monoisotopic (exact) mass is 304 g/mol. The van der Waals surface area contributed by atoms with Gasteiger partial charge in [0.05, 0.1) is 5.69 Å². The Labute approximate surface area is 128 Å². The van der Waals surface area contributed by atoms with Gasteiger partial charge in [-0.25, -0.2) is 4.98 Å². The van der Waals surface area contributed by atoms with E-state index in [9.17, 15) is 4.79 Å². The van der Waals surface area contributed by atoms with Crippen molar-refractivity contribution in [3.05, 3.63) is 57.5 Å². The zero-order valence-corrected chi connectivity index (χ0v) is 12.9. The van der Waals surface area contributed by atoms with Crippen LogP contribution in [0.15, 0.2) is 40.3 Å². The van der Waals surface area contributed by atoms with Crippen molar-refractivity contribution in [3.8, 4) is 0 Å². The average Bonchev–Trinajstić information content (AvgIpc) is 2.50. The summed E-state index contributed by atoms with van der Waals surface area (Å²) >= 11 is 1.53. The molecule has 1 aromatic heterocycles. The highest BCUT2D eigenvalue weighted by Crippen LogP contribution is 2.16. The van der Waals surface area contributed by atoms with Crippen LogP contribution in [0.3, 0.4) is 0 Å². The predicted molar refractivity (Wildman–Crippen MR) is 85.9 cm³/mol. The summed E-state index contributed by atoms with van der Waals surface area (Å²) in [6, 6.07) is 10.0. The van der Waals surface area contributed by atoms with Crippen molar-refractivity contribution >= 4 is 11.8 Å². The molecule has 0 aliphatic carbocycles. The third-order valence-electron chi connectivity index (χ3n) is 3.24. The topological polar surface area (TPSA) is 66.0 Å². The van der Waals surface area contributed by atoms with Gasteiger partial charge in [-0.05, 0) is 25.3 Å². The van der Waals surface area contributed by atoms with Crippen molar-refractivity contribution in [1.29, 1.82) is 0 Å². The molecular weight excluding hydrogens is 284 g/mol. The van der Waals surface area contributed by atoms with Gasteiger partial charge in [0.2, 0.25) is 0 Å². The smallest absolute Gasteiger partial charge is 0.254 e. The summed E-state index contributed by atoms with van der Waals surface area (Å²) in [5, 5.41) is 9.43. The summed E-state index contributed by atoms with van der Waals surface area (Å²) in [7, 11) is 0. The Morgan fingerprint density at radius 1 is 1.24 bits per heavy atom. The number of aromatic amines is 1. The number of H-pyrrole nitrogens is 1. The van der Waals surface area contributed by atoms with Crippen LogP contribution >= 0.6 is 11.8 Å². The Bertz CT molecular complexity index is 626. The maximum absolute atomic E-state index is 12.0. The number of aliphatic hydroxyl groups is 1. The summed E-state index contributed by atoms with van der Waals surface area (Å²) < 4.78 is 0. The summed E-state index contributed by atoms with van der Waals surface area (Å²) in [5.74, 6) is 0.845. The number of nitrogens with one attached hydrogen (secondary N) is 1. The van der Waals surface area contributed by atoms with Gasteiger partial charge in [0.1, 0.15) is 0 Å². The molecule has 0 spiro atoms. The molecule has 4 nitrogen and oxygen atoms in total. The van der Waals surface area contributed by atoms with Crippen LogP contribution in [0.5, 0.6) is 0 Å². The molecule has 0 aliphatic rings. The first kappa shape index (κ1) is 15.8. The number of nitrogens with zero attached hydrogens (tertiary/aromatic N) is 1. The second kappa shape index (κ2) is 8.00. The Kier molecular flexibility index (Phi) is 6.02. The first-order chi connectivity index (χ1) is 10.2. The van der Waals surface area contributed by atoms with E-state index < -0.39 is 0 Å². The Morgan fingerprint density at radius 2 is 2.00 bits per heavy atom. The van der Waals surface area contributed by atoms with Crippen LogP contribution in [0.25, 0.3) is 0 Å². The van der Waals surface area contributed by atoms with E-state index in [2.05, 4.69) is 9.97 Å². The van der Waals surface area contributed by atoms with Crippen molar-refractivity contribution in [2.24, 2.45) is 0 Å². The van der Waals surface area contributed by atoms with Crippen LogP contribution in [0.1, 0.15) is 29.7 Å². The SMILES string of the molecule is Cc1c(Cc2ccccc2)nc(SCCCCO)[nH]c1=O. The molecule has 0 fully saturated rings. The average molecular weight is 304 g/mol. The molecular formula is C16H20N2O2S. The van der Waals surface area contributed by atoms with Gasteiger partial charge in [0.25, 0.3) is 5.56 Å². The van der Waals surface area contributed by atoms with E-state index >= 15 is 0 Å². The van der Waals surface area contributed by atoms with Crippen LogP contribution in [0.2, 0.25) is 0 Å². The molecule has 1 aromatic carbocycles. The fourth-order valence-corrected chi connectivity index (χ4v) is 2.85. The Balaban J connectivity index is 2.13. The number of unbranched alkanes of at least 4 members (excludes halogenated alkanes) is 1. The first-order valence-corrected chi connectivity index (χ1v) is 8.06. The zero-order chi connectivity index (χ0) is 15.1. The number of aliphatic hydroxyl groups excluding tert-OH is 1. The molecule has 0 saturated carbocycles. The lowest BCUT2D eigenvalue weighted by molar-refractivity contribution is 0.287. The molecule has 5 heteroatoms. The quantitative estimate of drug-likeness (QED) is 0.469. The highest BCUT2D eigenvalue weighted by atomic mass is 32.2. The summed E-state index contributed by atoms with van der Waals surface area (Å²) in [5.41, 5.74) is 2.59. The molecule has 2 rings (SSSR count). The molecule has 2 N–H and O–H groups in total. The van der Waals surface area contributed by atoms with E-state index in [1.54, 1.807) is 0 Å². The lowest BCUT2D eigenvalue weighted by atomic mass is 10.1. The van der Waals surface area contributed by atoms with Gasteiger partial charge in [-0.2, -0.15) is 0 Å². The molecule has 2 aromatic rings. The largest absolute Gasteiger partial charge is 0.396 e. The van der Waals surface area contributed by atoms with Crippen LogP contribution < -0.4 is 5.56 Å². The highest BCUT2D eigenvalue weighted by molar-refractivity contribution is 7.99. The van der Waals surface area contributed by atoms with Crippen LogP contribution in [0, 0.1) is 6.92 Å². The summed E-state index contributed by atoms with van der Waals surface area (Å²) in [4.78, 5) is 19.4. The molecule has 0 aliphatic heterocycles. The third kappa shape index (κ3) is 4.72. The van der Waals surface area contributed by atoms with Crippen LogP contribution in [-0.2, 0) is 6.42 Å². The van der Waals surface area contributed by atoms with E-state index in [4.69, 9.17) is 5.11 Å². The highest BCUT2D eigenvalue weighted by Gasteiger charge is 2.08. The van der Waals surface area contributed by atoms with Gasteiger partial charge < -0.3 is 10.1 Å². The van der Waals surface area contributed by atoms with Crippen molar-refractivity contribution in [2.75, 3.05) is 12.4 Å². The molecule has 0 unspecified atom stereocenters. The third-order valence-corrected chi connectivity index (χ3v) is 4.20. The molecule has 0 bridgehead atoms. The minimum atomic E-state index is -0.0689. The second-order valence-electron chi connectivity index (χ2n) is 4.88. The standard InChI is InChI=1S/C16H20N2O2S/c1-12-14(11-13-7-3-2-4-8-13)17-16(18-15(12)20)21-10-6-5-9-19/h2-4,7-8,19H,5-6,9-11H2,1H3,(H,17,18,20). The number of hydrogen-bond donors (Lipinski definition) is 2. The lowest BCUT2D eigenvalue weighted by Crippen LogP contribution is -2.16. The van der Waals surface area contributed by atoms with E-state index in [0.717, 1.165) is 29.9 Å². The van der Waals surface area contributed by atoms with E-state index in [1.165, 1.54) is 11.8 Å². The predicted octanol–water partition coefficient (Wildman–Crippen LogP) is 2.53. The second-order valence-corrected chi connectivity index (χ2v) is 5.97. The maximum Gasteiger partial charge on any atom is 0.254 e. The Hall–Kier alpha value is -1.59.